The van der Waals surface area contributed by atoms with Crippen LogP contribution in [0.15, 0.2) is 24.3 Å². The van der Waals surface area contributed by atoms with Crippen molar-refractivity contribution in [3.8, 4) is 5.75 Å². The highest BCUT2D eigenvalue weighted by atomic mass is 16.6. The molecule has 0 saturated carbocycles. The molecule has 0 radical (unpaired) electrons. The van der Waals surface area contributed by atoms with Crippen molar-refractivity contribution in [3.05, 3.63) is 29.8 Å². The van der Waals surface area contributed by atoms with Gasteiger partial charge in [-0.1, -0.05) is 26.0 Å². The number of benzene rings is 1. The zero-order valence-electron chi connectivity index (χ0n) is 15.0. The van der Waals surface area contributed by atoms with Gasteiger partial charge in [0.1, 0.15) is 5.75 Å². The van der Waals surface area contributed by atoms with E-state index in [-0.39, 0.29) is 13.2 Å². The van der Waals surface area contributed by atoms with Gasteiger partial charge >= 0.3 is 6.09 Å². The molecule has 0 aliphatic rings. The zero-order chi connectivity index (χ0) is 17.4. The van der Waals surface area contributed by atoms with Crippen LogP contribution in [-0.2, 0) is 0 Å². The standard InChI is InChI=1S/C18H30N2O3/c1-6-17(14(2)13-19(3)4)15-8-7-9-16(12-15)23-18(22)20(5)10-11-21/h7-9,12,14,17,21H,6,10-11,13H2,1-5H3/t14-,17+/m0/s1. The monoisotopic (exact) mass is 322 g/mol. The fourth-order valence-corrected chi connectivity index (χ4v) is 2.90. The topological polar surface area (TPSA) is 53.0 Å². The van der Waals surface area contributed by atoms with Gasteiger partial charge in [0.2, 0.25) is 0 Å². The molecule has 0 unspecified atom stereocenters. The van der Waals surface area contributed by atoms with Crippen LogP contribution in [-0.4, -0.2) is 61.8 Å². The average molecular weight is 322 g/mol. The Hall–Kier alpha value is -1.59. The van der Waals surface area contributed by atoms with Crippen LogP contribution in [0.5, 0.6) is 5.75 Å². The van der Waals surface area contributed by atoms with Crippen molar-refractivity contribution in [1.29, 1.82) is 0 Å². The third-order valence-corrected chi connectivity index (χ3v) is 4.02. The zero-order valence-corrected chi connectivity index (χ0v) is 15.0. The van der Waals surface area contributed by atoms with Crippen molar-refractivity contribution < 1.29 is 14.6 Å². The smallest absolute Gasteiger partial charge is 0.410 e. The van der Waals surface area contributed by atoms with Gasteiger partial charge in [-0.25, -0.2) is 4.79 Å². The number of carbonyl (C=O) groups is 1. The fourth-order valence-electron chi connectivity index (χ4n) is 2.90. The van der Waals surface area contributed by atoms with Gasteiger partial charge in [-0.3, -0.25) is 0 Å². The Balaban J connectivity index is 2.84. The Morgan fingerprint density at radius 3 is 2.57 bits per heavy atom. The predicted molar refractivity (Wildman–Crippen MR) is 92.9 cm³/mol. The lowest BCUT2D eigenvalue weighted by Gasteiger charge is -2.26. The summed E-state index contributed by atoms with van der Waals surface area (Å²) in [6.07, 6.45) is 0.585. The van der Waals surface area contributed by atoms with Gasteiger partial charge in [0.05, 0.1) is 6.61 Å². The molecule has 0 heterocycles. The summed E-state index contributed by atoms with van der Waals surface area (Å²) in [5, 5.41) is 8.88. The van der Waals surface area contributed by atoms with Crippen LogP contribution in [0.2, 0.25) is 0 Å². The predicted octanol–water partition coefficient (Wildman–Crippen LogP) is 2.80. The second-order valence-electron chi connectivity index (χ2n) is 6.34. The molecule has 0 aliphatic heterocycles. The van der Waals surface area contributed by atoms with Gasteiger partial charge in [0, 0.05) is 20.1 Å². The lowest BCUT2D eigenvalue weighted by molar-refractivity contribution is 0.150. The van der Waals surface area contributed by atoms with E-state index in [2.05, 4.69) is 38.9 Å². The summed E-state index contributed by atoms with van der Waals surface area (Å²) in [6, 6.07) is 7.76. The molecule has 0 spiro atoms. The highest BCUT2D eigenvalue weighted by molar-refractivity contribution is 5.70. The molecular formula is C18H30N2O3. The second kappa shape index (κ2) is 9.53. The maximum Gasteiger partial charge on any atom is 0.415 e. The number of ether oxygens (including phenoxy) is 1. The van der Waals surface area contributed by atoms with Crippen LogP contribution in [0, 0.1) is 5.92 Å². The van der Waals surface area contributed by atoms with Crippen LogP contribution in [0.3, 0.4) is 0 Å². The second-order valence-corrected chi connectivity index (χ2v) is 6.34. The Bertz CT molecular complexity index is 491. The molecule has 5 heteroatoms. The largest absolute Gasteiger partial charge is 0.415 e. The summed E-state index contributed by atoms with van der Waals surface area (Å²) in [5.74, 6) is 1.48. The number of amides is 1. The maximum absolute atomic E-state index is 11.9. The van der Waals surface area contributed by atoms with E-state index in [4.69, 9.17) is 9.84 Å². The Labute approximate surface area is 139 Å². The minimum atomic E-state index is -0.453. The molecule has 0 aromatic heterocycles. The summed E-state index contributed by atoms with van der Waals surface area (Å²) < 4.78 is 5.39. The molecule has 0 saturated heterocycles. The minimum absolute atomic E-state index is 0.0778. The molecule has 0 bridgehead atoms. The molecule has 1 rings (SSSR count). The van der Waals surface area contributed by atoms with Crippen molar-refractivity contribution >= 4 is 6.09 Å². The van der Waals surface area contributed by atoms with E-state index >= 15 is 0 Å². The van der Waals surface area contributed by atoms with E-state index in [1.807, 2.05) is 12.1 Å². The Morgan fingerprint density at radius 1 is 1.30 bits per heavy atom. The number of aliphatic hydroxyl groups excluding tert-OH is 1. The normalized spacial score (nSPS) is 13.7. The van der Waals surface area contributed by atoms with Crippen LogP contribution < -0.4 is 4.74 Å². The van der Waals surface area contributed by atoms with E-state index in [0.29, 0.717) is 17.6 Å². The number of carbonyl (C=O) groups excluding carboxylic acids is 1. The summed E-state index contributed by atoms with van der Waals surface area (Å²) in [6.45, 7) is 5.63. The van der Waals surface area contributed by atoms with E-state index in [0.717, 1.165) is 13.0 Å². The fraction of sp³-hybridized carbons (Fsp3) is 0.611. The summed E-state index contributed by atoms with van der Waals surface area (Å²) in [5.41, 5.74) is 1.19. The molecule has 23 heavy (non-hydrogen) atoms. The molecule has 1 amide bonds. The quantitative estimate of drug-likeness (QED) is 0.799. The summed E-state index contributed by atoms with van der Waals surface area (Å²) in [4.78, 5) is 15.5. The number of likely N-dealkylation sites (N-methyl/N-ethyl adjacent to an activating group) is 1. The third kappa shape index (κ3) is 6.20. The molecule has 130 valence electrons. The van der Waals surface area contributed by atoms with Crippen molar-refractivity contribution in [1.82, 2.24) is 9.80 Å². The first-order valence-corrected chi connectivity index (χ1v) is 8.17. The maximum atomic E-state index is 11.9. The molecule has 2 atom stereocenters. The number of hydrogen-bond acceptors (Lipinski definition) is 4. The van der Waals surface area contributed by atoms with Gasteiger partial charge in [0.25, 0.3) is 0 Å². The lowest BCUT2D eigenvalue weighted by atomic mass is 9.85. The highest BCUT2D eigenvalue weighted by Crippen LogP contribution is 2.30. The highest BCUT2D eigenvalue weighted by Gasteiger charge is 2.19. The van der Waals surface area contributed by atoms with E-state index in [1.54, 1.807) is 13.1 Å². The van der Waals surface area contributed by atoms with E-state index < -0.39 is 6.09 Å². The van der Waals surface area contributed by atoms with Crippen molar-refractivity contribution in [2.45, 2.75) is 26.2 Å². The number of aliphatic hydroxyl groups is 1. The van der Waals surface area contributed by atoms with Gasteiger partial charge < -0.3 is 19.6 Å². The first kappa shape index (κ1) is 19.5. The van der Waals surface area contributed by atoms with Crippen molar-refractivity contribution in [3.63, 3.8) is 0 Å². The molecule has 0 fully saturated rings. The number of hydrogen-bond donors (Lipinski definition) is 1. The van der Waals surface area contributed by atoms with Crippen LogP contribution in [0.4, 0.5) is 4.79 Å². The van der Waals surface area contributed by atoms with Crippen molar-refractivity contribution in [2.24, 2.45) is 5.92 Å². The van der Waals surface area contributed by atoms with Gasteiger partial charge in [0.15, 0.2) is 0 Å². The molecule has 1 N–H and O–H groups in total. The van der Waals surface area contributed by atoms with Gasteiger partial charge in [-0.2, -0.15) is 0 Å². The van der Waals surface area contributed by atoms with E-state index in [1.165, 1.54) is 10.5 Å². The summed E-state index contributed by atoms with van der Waals surface area (Å²) >= 11 is 0. The van der Waals surface area contributed by atoms with Crippen molar-refractivity contribution in [2.75, 3.05) is 40.8 Å². The third-order valence-electron chi connectivity index (χ3n) is 4.02. The molecule has 1 aromatic rings. The number of rotatable bonds is 8. The minimum Gasteiger partial charge on any atom is -0.410 e. The van der Waals surface area contributed by atoms with E-state index in [9.17, 15) is 4.79 Å². The molecule has 5 nitrogen and oxygen atoms in total. The first-order chi connectivity index (χ1) is 10.9. The summed E-state index contributed by atoms with van der Waals surface area (Å²) in [7, 11) is 5.77. The average Bonchev–Trinajstić information content (AvgIpc) is 2.47. The first-order valence-electron chi connectivity index (χ1n) is 8.17. The molecular weight excluding hydrogens is 292 g/mol. The molecule has 0 aliphatic carbocycles. The number of nitrogens with zero attached hydrogens (tertiary/aromatic N) is 2. The SMILES string of the molecule is CC[C@@H](c1cccc(OC(=O)N(C)CCO)c1)[C@@H](C)CN(C)C. The Kier molecular flexibility index (Phi) is 8.06. The van der Waals surface area contributed by atoms with Crippen LogP contribution in [0.1, 0.15) is 31.7 Å². The lowest BCUT2D eigenvalue weighted by Crippen LogP contribution is -2.32. The van der Waals surface area contributed by atoms with Crippen LogP contribution >= 0.6 is 0 Å². The van der Waals surface area contributed by atoms with Gasteiger partial charge in [-0.05, 0) is 50.0 Å². The van der Waals surface area contributed by atoms with Crippen LogP contribution in [0.25, 0.3) is 0 Å². The Morgan fingerprint density at radius 2 is 2.00 bits per heavy atom. The van der Waals surface area contributed by atoms with Gasteiger partial charge in [-0.15, -0.1) is 0 Å². The molecule has 1 aromatic carbocycles.